The first-order valence-corrected chi connectivity index (χ1v) is 8.44. The molecular weight excluding hydrogens is 314 g/mol. The molecule has 0 atom stereocenters. The first-order chi connectivity index (χ1) is 12.0. The second-order valence-electron chi connectivity index (χ2n) is 6.45. The van der Waals surface area contributed by atoms with Crippen LogP contribution in [0, 0.1) is 6.92 Å². The van der Waals surface area contributed by atoms with Gasteiger partial charge in [-0.1, -0.05) is 18.2 Å². The molecule has 0 fully saturated rings. The van der Waals surface area contributed by atoms with Crippen molar-refractivity contribution in [2.24, 2.45) is 0 Å². The number of hydrogen-bond acceptors (Lipinski definition) is 3. The molecule has 1 heterocycles. The molecule has 0 saturated heterocycles. The second-order valence-corrected chi connectivity index (χ2v) is 6.45. The largest absolute Gasteiger partial charge is 0.484 e. The maximum absolute atomic E-state index is 12.0. The predicted octanol–water partition coefficient (Wildman–Crippen LogP) is 3.62. The summed E-state index contributed by atoms with van der Waals surface area (Å²) < 4.78 is 7.64. The molecule has 0 aliphatic heterocycles. The summed E-state index contributed by atoms with van der Waals surface area (Å²) in [6.07, 6.45) is 1.85. The zero-order chi connectivity index (χ0) is 17.8. The van der Waals surface area contributed by atoms with Crippen LogP contribution in [0.3, 0.4) is 0 Å². The van der Waals surface area contributed by atoms with Crippen molar-refractivity contribution in [3.8, 4) is 5.75 Å². The van der Waals surface area contributed by atoms with Crippen molar-refractivity contribution < 1.29 is 9.53 Å². The van der Waals surface area contributed by atoms with E-state index >= 15 is 0 Å². The number of carbonyl (C=O) groups excluding carboxylic acids is 1. The molecule has 3 rings (SSSR count). The lowest BCUT2D eigenvalue weighted by atomic mass is 10.2. The Bertz CT molecular complexity index is 884. The van der Waals surface area contributed by atoms with Crippen LogP contribution in [0.15, 0.2) is 48.8 Å². The second kappa shape index (κ2) is 7.38. The number of aromatic nitrogens is 2. The molecule has 1 N–H and O–H groups in total. The molecule has 0 saturated carbocycles. The minimum absolute atomic E-state index is 0.00761. The van der Waals surface area contributed by atoms with Gasteiger partial charge in [-0.2, -0.15) is 0 Å². The van der Waals surface area contributed by atoms with E-state index in [1.807, 2.05) is 55.7 Å². The highest BCUT2D eigenvalue weighted by molar-refractivity contribution is 5.78. The Kier molecular flexibility index (Phi) is 5.03. The molecule has 0 aliphatic carbocycles. The molecule has 0 unspecified atom stereocenters. The van der Waals surface area contributed by atoms with Gasteiger partial charge in [-0.25, -0.2) is 4.98 Å². The fourth-order valence-electron chi connectivity index (χ4n) is 2.70. The first-order valence-electron chi connectivity index (χ1n) is 8.44. The van der Waals surface area contributed by atoms with Crippen molar-refractivity contribution in [2.75, 3.05) is 6.61 Å². The highest BCUT2D eigenvalue weighted by Crippen LogP contribution is 2.18. The van der Waals surface area contributed by atoms with Gasteiger partial charge in [-0.3, -0.25) is 4.79 Å². The van der Waals surface area contributed by atoms with Crippen molar-refractivity contribution in [3.63, 3.8) is 0 Å². The van der Waals surface area contributed by atoms with Crippen LogP contribution in [0.25, 0.3) is 11.0 Å². The van der Waals surface area contributed by atoms with Crippen molar-refractivity contribution in [3.05, 3.63) is 59.9 Å². The maximum Gasteiger partial charge on any atom is 0.258 e. The number of carbonyl (C=O) groups is 1. The number of benzene rings is 2. The molecule has 0 aliphatic rings. The monoisotopic (exact) mass is 337 g/mol. The van der Waals surface area contributed by atoms with E-state index in [1.165, 1.54) is 0 Å². The summed E-state index contributed by atoms with van der Waals surface area (Å²) in [5.74, 6) is 0.560. The Morgan fingerprint density at radius 3 is 2.84 bits per heavy atom. The number of amides is 1. The molecule has 130 valence electrons. The molecule has 0 spiro atoms. The average molecular weight is 337 g/mol. The summed E-state index contributed by atoms with van der Waals surface area (Å²) in [5.41, 5.74) is 4.17. The molecule has 5 nitrogen and oxygen atoms in total. The van der Waals surface area contributed by atoms with Gasteiger partial charge in [-0.05, 0) is 56.2 Å². The lowest BCUT2D eigenvalue weighted by Gasteiger charge is -2.09. The van der Waals surface area contributed by atoms with Gasteiger partial charge in [0, 0.05) is 12.6 Å². The molecule has 5 heteroatoms. The van der Waals surface area contributed by atoms with Crippen LogP contribution in [-0.4, -0.2) is 22.1 Å². The van der Waals surface area contributed by atoms with Gasteiger partial charge >= 0.3 is 0 Å². The van der Waals surface area contributed by atoms with E-state index in [1.54, 1.807) is 0 Å². The highest BCUT2D eigenvalue weighted by Gasteiger charge is 2.07. The highest BCUT2D eigenvalue weighted by atomic mass is 16.5. The van der Waals surface area contributed by atoms with E-state index in [4.69, 9.17) is 4.74 Å². The van der Waals surface area contributed by atoms with E-state index in [2.05, 4.69) is 28.7 Å². The predicted molar refractivity (Wildman–Crippen MR) is 98.6 cm³/mol. The normalized spacial score (nSPS) is 11.0. The summed E-state index contributed by atoms with van der Waals surface area (Å²) in [6.45, 7) is 6.71. The van der Waals surface area contributed by atoms with Crippen LogP contribution in [0.5, 0.6) is 5.75 Å². The van der Waals surface area contributed by atoms with Crippen LogP contribution in [0.2, 0.25) is 0 Å². The van der Waals surface area contributed by atoms with Gasteiger partial charge in [0.25, 0.3) is 5.91 Å². The summed E-state index contributed by atoms with van der Waals surface area (Å²) in [4.78, 5) is 16.4. The molecule has 2 aromatic carbocycles. The standard InChI is InChI=1S/C20H23N3O2/c1-14(2)23-13-22-18-10-16(7-8-19(18)23)11-21-20(24)12-25-17-6-4-5-15(3)9-17/h4-10,13-14H,11-12H2,1-3H3,(H,21,24). The van der Waals surface area contributed by atoms with Gasteiger partial charge in [0.2, 0.25) is 0 Å². The number of fused-ring (bicyclic) bond motifs is 1. The van der Waals surface area contributed by atoms with Crippen molar-refractivity contribution >= 4 is 16.9 Å². The van der Waals surface area contributed by atoms with Crippen molar-refractivity contribution in [1.29, 1.82) is 0 Å². The van der Waals surface area contributed by atoms with E-state index < -0.39 is 0 Å². The third kappa shape index (κ3) is 4.18. The number of hydrogen-bond donors (Lipinski definition) is 1. The smallest absolute Gasteiger partial charge is 0.258 e. The van der Waals surface area contributed by atoms with Gasteiger partial charge < -0.3 is 14.6 Å². The number of aryl methyl sites for hydroxylation is 1. The summed E-state index contributed by atoms with van der Waals surface area (Å²) in [6, 6.07) is 14.1. The average Bonchev–Trinajstić information content (AvgIpc) is 3.01. The van der Waals surface area contributed by atoms with Gasteiger partial charge in [0.15, 0.2) is 6.61 Å². The van der Waals surface area contributed by atoms with Crippen molar-refractivity contribution in [1.82, 2.24) is 14.9 Å². The molecule has 1 aromatic heterocycles. The molecular formula is C20H23N3O2. The third-order valence-electron chi connectivity index (χ3n) is 4.04. The van der Waals surface area contributed by atoms with E-state index in [0.717, 1.165) is 22.2 Å². The SMILES string of the molecule is Cc1cccc(OCC(=O)NCc2ccc3c(c2)ncn3C(C)C)c1. The Hall–Kier alpha value is -2.82. The van der Waals surface area contributed by atoms with E-state index in [9.17, 15) is 4.79 Å². The lowest BCUT2D eigenvalue weighted by Crippen LogP contribution is -2.28. The molecule has 1 amide bonds. The molecule has 0 bridgehead atoms. The topological polar surface area (TPSA) is 56.1 Å². The van der Waals surface area contributed by atoms with E-state index in [-0.39, 0.29) is 12.5 Å². The van der Waals surface area contributed by atoms with Crippen molar-refractivity contribution in [2.45, 2.75) is 33.4 Å². The number of rotatable bonds is 6. The number of imidazole rings is 1. The minimum atomic E-state index is -0.144. The summed E-state index contributed by atoms with van der Waals surface area (Å²) in [5, 5.41) is 2.88. The Morgan fingerprint density at radius 1 is 1.24 bits per heavy atom. The van der Waals surface area contributed by atoms with Gasteiger partial charge in [0.1, 0.15) is 5.75 Å². The lowest BCUT2D eigenvalue weighted by molar-refractivity contribution is -0.123. The maximum atomic E-state index is 12.0. The van der Waals surface area contributed by atoms with Gasteiger partial charge in [0.05, 0.1) is 17.4 Å². The Labute approximate surface area is 147 Å². The van der Waals surface area contributed by atoms with Crippen LogP contribution in [0.4, 0.5) is 0 Å². The van der Waals surface area contributed by atoms with Crippen LogP contribution in [0.1, 0.15) is 31.0 Å². The van der Waals surface area contributed by atoms with Crippen LogP contribution < -0.4 is 10.1 Å². The third-order valence-corrected chi connectivity index (χ3v) is 4.04. The molecule has 0 radical (unpaired) electrons. The van der Waals surface area contributed by atoms with Crippen LogP contribution in [-0.2, 0) is 11.3 Å². The zero-order valence-electron chi connectivity index (χ0n) is 14.8. The van der Waals surface area contributed by atoms with Gasteiger partial charge in [-0.15, -0.1) is 0 Å². The summed E-state index contributed by atoms with van der Waals surface area (Å²) in [7, 11) is 0. The Morgan fingerprint density at radius 2 is 2.08 bits per heavy atom. The fraction of sp³-hybridized carbons (Fsp3) is 0.300. The number of ether oxygens (including phenoxy) is 1. The van der Waals surface area contributed by atoms with E-state index in [0.29, 0.717) is 18.3 Å². The first kappa shape index (κ1) is 17.0. The fourth-order valence-corrected chi connectivity index (χ4v) is 2.70. The molecule has 3 aromatic rings. The molecule has 25 heavy (non-hydrogen) atoms. The Balaban J connectivity index is 1.56. The summed E-state index contributed by atoms with van der Waals surface area (Å²) >= 11 is 0. The quantitative estimate of drug-likeness (QED) is 0.747. The zero-order valence-corrected chi connectivity index (χ0v) is 14.8. The minimum Gasteiger partial charge on any atom is -0.484 e. The van der Waals surface area contributed by atoms with Crippen LogP contribution >= 0.6 is 0 Å². The number of nitrogens with zero attached hydrogens (tertiary/aromatic N) is 2. The number of nitrogens with one attached hydrogen (secondary N) is 1.